The van der Waals surface area contributed by atoms with Crippen LogP contribution < -0.4 is 5.73 Å². The summed E-state index contributed by atoms with van der Waals surface area (Å²) in [7, 11) is 0. The average molecular weight is 201 g/mol. The molecule has 0 aliphatic carbocycles. The summed E-state index contributed by atoms with van der Waals surface area (Å²) in [6, 6.07) is 7.69. The van der Waals surface area contributed by atoms with Crippen LogP contribution in [0.3, 0.4) is 0 Å². The van der Waals surface area contributed by atoms with Gasteiger partial charge < -0.3 is 10.5 Å². The molecular formula is C11H11N3O. The molecule has 0 saturated heterocycles. The lowest BCUT2D eigenvalue weighted by Crippen LogP contribution is -2.01. The molecule has 0 radical (unpaired) electrons. The molecule has 4 nitrogen and oxygen atoms in total. The monoisotopic (exact) mass is 201 g/mol. The molecule has 1 aliphatic rings. The van der Waals surface area contributed by atoms with E-state index < -0.39 is 0 Å². The van der Waals surface area contributed by atoms with Crippen LogP contribution in [0.4, 0.5) is 5.69 Å². The van der Waals surface area contributed by atoms with Crippen molar-refractivity contribution in [3.05, 3.63) is 41.7 Å². The Hall–Kier alpha value is -1.81. The van der Waals surface area contributed by atoms with Gasteiger partial charge in [0.25, 0.3) is 0 Å². The van der Waals surface area contributed by atoms with Crippen molar-refractivity contribution in [2.45, 2.75) is 13.2 Å². The Morgan fingerprint density at radius 3 is 3.13 bits per heavy atom. The quantitative estimate of drug-likeness (QED) is 0.711. The first-order chi connectivity index (χ1) is 7.34. The van der Waals surface area contributed by atoms with Crippen molar-refractivity contribution in [3.63, 3.8) is 0 Å². The van der Waals surface area contributed by atoms with E-state index >= 15 is 0 Å². The third-order valence-corrected chi connectivity index (χ3v) is 2.57. The van der Waals surface area contributed by atoms with Crippen LogP contribution in [0.25, 0.3) is 5.69 Å². The van der Waals surface area contributed by atoms with E-state index in [0.29, 0.717) is 13.2 Å². The normalized spacial score (nSPS) is 14.1. The van der Waals surface area contributed by atoms with E-state index in [1.807, 2.05) is 35.1 Å². The predicted octanol–water partition coefficient (Wildman–Crippen LogP) is 1.48. The third kappa shape index (κ3) is 1.30. The number of ether oxygens (including phenoxy) is 1. The molecule has 1 aliphatic heterocycles. The smallest absolute Gasteiger partial charge is 0.0897 e. The van der Waals surface area contributed by atoms with Gasteiger partial charge >= 0.3 is 0 Å². The minimum atomic E-state index is 0.629. The second-order valence-electron chi connectivity index (χ2n) is 3.62. The minimum absolute atomic E-state index is 0.629. The Kier molecular flexibility index (Phi) is 1.76. The lowest BCUT2D eigenvalue weighted by Gasteiger charge is -2.05. The molecule has 15 heavy (non-hydrogen) atoms. The number of hydrogen-bond acceptors (Lipinski definition) is 3. The molecule has 1 aromatic carbocycles. The van der Waals surface area contributed by atoms with Gasteiger partial charge in [-0.05, 0) is 18.2 Å². The standard InChI is InChI=1S/C11H11N3O/c12-9-2-1-3-10(4-9)14-11-7-15-6-8(11)5-13-14/h1-5H,6-7,12H2. The number of aromatic nitrogens is 2. The first-order valence-electron chi connectivity index (χ1n) is 4.84. The summed E-state index contributed by atoms with van der Waals surface area (Å²) in [5.41, 5.74) is 9.76. The van der Waals surface area contributed by atoms with Gasteiger partial charge in [0.1, 0.15) is 0 Å². The van der Waals surface area contributed by atoms with Gasteiger partial charge in [-0.3, -0.25) is 0 Å². The number of rotatable bonds is 1. The van der Waals surface area contributed by atoms with Crippen molar-refractivity contribution >= 4 is 5.69 Å². The molecule has 0 atom stereocenters. The highest BCUT2D eigenvalue weighted by Gasteiger charge is 2.17. The first-order valence-corrected chi connectivity index (χ1v) is 4.84. The molecule has 0 saturated carbocycles. The molecule has 0 spiro atoms. The molecule has 2 N–H and O–H groups in total. The molecule has 3 rings (SSSR count). The first kappa shape index (κ1) is 8.49. The molecular weight excluding hydrogens is 190 g/mol. The maximum atomic E-state index is 5.74. The van der Waals surface area contributed by atoms with E-state index in [-0.39, 0.29) is 0 Å². The maximum absolute atomic E-state index is 5.74. The molecule has 2 heterocycles. The molecule has 76 valence electrons. The largest absolute Gasteiger partial charge is 0.399 e. The zero-order chi connectivity index (χ0) is 10.3. The Morgan fingerprint density at radius 2 is 2.27 bits per heavy atom. The van der Waals surface area contributed by atoms with E-state index in [2.05, 4.69) is 5.10 Å². The van der Waals surface area contributed by atoms with Crippen LogP contribution >= 0.6 is 0 Å². The average Bonchev–Trinajstić information content (AvgIpc) is 2.77. The van der Waals surface area contributed by atoms with Crippen LogP contribution in [0.15, 0.2) is 30.5 Å². The Morgan fingerprint density at radius 1 is 1.33 bits per heavy atom. The van der Waals surface area contributed by atoms with E-state index in [1.165, 1.54) is 0 Å². The number of nitrogens with zero attached hydrogens (tertiary/aromatic N) is 2. The lowest BCUT2D eigenvalue weighted by molar-refractivity contribution is 0.130. The van der Waals surface area contributed by atoms with Crippen molar-refractivity contribution < 1.29 is 4.74 Å². The van der Waals surface area contributed by atoms with Crippen LogP contribution in [0.5, 0.6) is 0 Å². The summed E-state index contributed by atoms with van der Waals surface area (Å²) in [5, 5.41) is 4.33. The van der Waals surface area contributed by atoms with Gasteiger partial charge in [-0.1, -0.05) is 6.07 Å². The van der Waals surface area contributed by atoms with Gasteiger partial charge in [-0.2, -0.15) is 5.10 Å². The fourth-order valence-corrected chi connectivity index (χ4v) is 1.82. The minimum Gasteiger partial charge on any atom is -0.399 e. The Bertz CT molecular complexity index is 504. The molecule has 2 aromatic rings. The predicted molar refractivity (Wildman–Crippen MR) is 56.5 cm³/mol. The summed E-state index contributed by atoms with van der Waals surface area (Å²) in [5.74, 6) is 0. The third-order valence-electron chi connectivity index (χ3n) is 2.57. The fourth-order valence-electron chi connectivity index (χ4n) is 1.82. The van der Waals surface area contributed by atoms with Crippen LogP contribution in [0.1, 0.15) is 11.3 Å². The van der Waals surface area contributed by atoms with E-state index in [0.717, 1.165) is 22.6 Å². The van der Waals surface area contributed by atoms with Crippen LogP contribution in [-0.2, 0) is 18.0 Å². The van der Waals surface area contributed by atoms with Crippen molar-refractivity contribution in [1.82, 2.24) is 9.78 Å². The number of fused-ring (bicyclic) bond motifs is 1. The van der Waals surface area contributed by atoms with Gasteiger partial charge in [0.15, 0.2) is 0 Å². The molecule has 0 amide bonds. The number of hydrogen-bond donors (Lipinski definition) is 1. The highest BCUT2D eigenvalue weighted by Crippen LogP contribution is 2.22. The van der Waals surface area contributed by atoms with E-state index in [4.69, 9.17) is 10.5 Å². The highest BCUT2D eigenvalue weighted by atomic mass is 16.5. The Labute approximate surface area is 87.3 Å². The topological polar surface area (TPSA) is 53.1 Å². The van der Waals surface area contributed by atoms with Crippen LogP contribution in [0.2, 0.25) is 0 Å². The highest BCUT2D eigenvalue weighted by molar-refractivity contribution is 5.48. The summed E-state index contributed by atoms with van der Waals surface area (Å²) in [6.07, 6.45) is 1.85. The zero-order valence-electron chi connectivity index (χ0n) is 8.18. The molecule has 0 unspecified atom stereocenters. The van der Waals surface area contributed by atoms with Gasteiger partial charge in [0.2, 0.25) is 0 Å². The Balaban J connectivity index is 2.13. The van der Waals surface area contributed by atoms with Gasteiger partial charge in [0, 0.05) is 11.3 Å². The number of nitrogen functional groups attached to an aromatic ring is 1. The van der Waals surface area contributed by atoms with Crippen molar-refractivity contribution in [2.24, 2.45) is 0 Å². The molecule has 0 bridgehead atoms. The summed E-state index contributed by atoms with van der Waals surface area (Å²) in [4.78, 5) is 0. The van der Waals surface area contributed by atoms with Crippen molar-refractivity contribution in [2.75, 3.05) is 5.73 Å². The van der Waals surface area contributed by atoms with Gasteiger partial charge in [0.05, 0.1) is 30.8 Å². The maximum Gasteiger partial charge on any atom is 0.0897 e. The SMILES string of the molecule is Nc1cccc(-n2ncc3c2COC3)c1. The fraction of sp³-hybridized carbons (Fsp3) is 0.182. The number of anilines is 1. The molecule has 4 heteroatoms. The van der Waals surface area contributed by atoms with Gasteiger partial charge in [-0.15, -0.1) is 0 Å². The van der Waals surface area contributed by atoms with E-state index in [1.54, 1.807) is 0 Å². The molecule has 0 fully saturated rings. The molecule has 1 aromatic heterocycles. The van der Waals surface area contributed by atoms with E-state index in [9.17, 15) is 0 Å². The van der Waals surface area contributed by atoms with Crippen molar-refractivity contribution in [1.29, 1.82) is 0 Å². The zero-order valence-corrected chi connectivity index (χ0v) is 8.18. The van der Waals surface area contributed by atoms with Gasteiger partial charge in [-0.25, -0.2) is 4.68 Å². The summed E-state index contributed by atoms with van der Waals surface area (Å²) in [6.45, 7) is 1.29. The number of nitrogens with two attached hydrogens (primary N) is 1. The second kappa shape index (κ2) is 3.10. The van der Waals surface area contributed by atoms with Crippen LogP contribution in [-0.4, -0.2) is 9.78 Å². The summed E-state index contributed by atoms with van der Waals surface area (Å²) < 4.78 is 7.24. The number of benzene rings is 1. The van der Waals surface area contributed by atoms with Crippen molar-refractivity contribution in [3.8, 4) is 5.69 Å². The second-order valence-corrected chi connectivity index (χ2v) is 3.62. The summed E-state index contributed by atoms with van der Waals surface area (Å²) >= 11 is 0. The van der Waals surface area contributed by atoms with Crippen LogP contribution in [0, 0.1) is 0 Å². The lowest BCUT2D eigenvalue weighted by atomic mass is 10.2.